The lowest BCUT2D eigenvalue weighted by molar-refractivity contribution is 0.0278. The summed E-state index contributed by atoms with van der Waals surface area (Å²) in [6.07, 6.45) is 3.18. The third kappa shape index (κ3) is 9.08. The van der Waals surface area contributed by atoms with E-state index in [1.807, 2.05) is 27.8 Å². The quantitative estimate of drug-likeness (QED) is 0.481. The van der Waals surface area contributed by atoms with Crippen molar-refractivity contribution in [2.45, 2.75) is 58.6 Å². The number of aliphatic imine (C=N–C) groups is 1. The van der Waals surface area contributed by atoms with Gasteiger partial charge >= 0.3 is 6.09 Å². The van der Waals surface area contributed by atoms with Crippen molar-refractivity contribution in [1.29, 1.82) is 0 Å². The zero-order valence-electron chi connectivity index (χ0n) is 19.9. The summed E-state index contributed by atoms with van der Waals surface area (Å²) in [5, 5.41) is 6.97. The standard InChI is InChI=1S/C22H43N5O3/c1-17(14-26(6)21(28)30-22(2,3)4)13-24-20(23-5)25-19-7-10-27(11-8-19)15-18-9-12-29-16-18/h17-19H,7-16H2,1-6H3,(H2,23,24,25). The van der Waals surface area contributed by atoms with Crippen LogP contribution in [0.2, 0.25) is 0 Å². The average molecular weight is 426 g/mol. The van der Waals surface area contributed by atoms with Crippen LogP contribution in [0.5, 0.6) is 0 Å². The van der Waals surface area contributed by atoms with E-state index < -0.39 is 5.60 Å². The first-order valence-electron chi connectivity index (χ1n) is 11.4. The third-order valence-electron chi connectivity index (χ3n) is 5.60. The maximum Gasteiger partial charge on any atom is 0.410 e. The number of rotatable bonds is 7. The van der Waals surface area contributed by atoms with Gasteiger partial charge in [-0.3, -0.25) is 4.99 Å². The number of hydrogen-bond acceptors (Lipinski definition) is 5. The van der Waals surface area contributed by atoms with Crippen molar-refractivity contribution < 1.29 is 14.3 Å². The molecule has 2 unspecified atom stereocenters. The molecule has 0 saturated carbocycles. The van der Waals surface area contributed by atoms with Crippen LogP contribution in [0.4, 0.5) is 4.79 Å². The Balaban J connectivity index is 1.65. The Morgan fingerprint density at radius 2 is 2.00 bits per heavy atom. The predicted octanol–water partition coefficient (Wildman–Crippen LogP) is 2.16. The molecule has 0 radical (unpaired) electrons. The number of carbonyl (C=O) groups is 1. The lowest BCUT2D eigenvalue weighted by atomic mass is 10.0. The number of nitrogens with one attached hydrogen (secondary N) is 2. The Labute approximate surface area is 182 Å². The summed E-state index contributed by atoms with van der Waals surface area (Å²) < 4.78 is 10.9. The zero-order valence-corrected chi connectivity index (χ0v) is 19.9. The number of amides is 1. The van der Waals surface area contributed by atoms with Crippen LogP contribution in [-0.2, 0) is 9.47 Å². The number of guanidine groups is 1. The zero-order chi connectivity index (χ0) is 22.1. The maximum absolute atomic E-state index is 12.1. The van der Waals surface area contributed by atoms with Crippen molar-refractivity contribution in [1.82, 2.24) is 20.4 Å². The molecule has 0 aromatic heterocycles. The second kappa shape index (κ2) is 11.7. The molecule has 0 spiro atoms. The molecular weight excluding hydrogens is 382 g/mol. The summed E-state index contributed by atoms with van der Waals surface area (Å²) in [4.78, 5) is 20.7. The van der Waals surface area contributed by atoms with E-state index in [2.05, 4.69) is 27.4 Å². The van der Waals surface area contributed by atoms with Gasteiger partial charge in [0.25, 0.3) is 0 Å². The predicted molar refractivity (Wildman–Crippen MR) is 121 cm³/mol. The van der Waals surface area contributed by atoms with E-state index in [0.717, 1.165) is 51.6 Å². The monoisotopic (exact) mass is 425 g/mol. The van der Waals surface area contributed by atoms with E-state index >= 15 is 0 Å². The second-order valence-electron chi connectivity index (χ2n) is 9.87. The first-order chi connectivity index (χ1) is 14.2. The minimum Gasteiger partial charge on any atom is -0.444 e. The van der Waals surface area contributed by atoms with Gasteiger partial charge in [-0.2, -0.15) is 0 Å². The molecule has 2 aliphatic rings. The minimum absolute atomic E-state index is 0.275. The van der Waals surface area contributed by atoms with Crippen molar-refractivity contribution in [2.75, 3.05) is 60.0 Å². The van der Waals surface area contributed by atoms with Crippen LogP contribution in [0.3, 0.4) is 0 Å². The topological polar surface area (TPSA) is 78.4 Å². The van der Waals surface area contributed by atoms with Crippen molar-refractivity contribution in [2.24, 2.45) is 16.8 Å². The molecule has 0 aromatic rings. The molecule has 2 saturated heterocycles. The highest BCUT2D eigenvalue weighted by atomic mass is 16.6. The summed E-state index contributed by atoms with van der Waals surface area (Å²) in [7, 11) is 3.59. The molecule has 2 aliphatic heterocycles. The van der Waals surface area contributed by atoms with Gasteiger partial charge in [-0.1, -0.05) is 6.92 Å². The van der Waals surface area contributed by atoms with E-state index in [9.17, 15) is 4.79 Å². The summed E-state index contributed by atoms with van der Waals surface area (Å²) >= 11 is 0. The number of likely N-dealkylation sites (tertiary alicyclic amines) is 1. The lowest BCUT2D eigenvalue weighted by Crippen LogP contribution is -2.50. The molecule has 0 aliphatic carbocycles. The van der Waals surface area contributed by atoms with Crippen LogP contribution in [0.15, 0.2) is 4.99 Å². The van der Waals surface area contributed by atoms with Crippen molar-refractivity contribution >= 4 is 12.1 Å². The van der Waals surface area contributed by atoms with E-state index in [1.165, 1.54) is 13.0 Å². The van der Waals surface area contributed by atoms with Crippen LogP contribution in [0, 0.1) is 11.8 Å². The lowest BCUT2D eigenvalue weighted by Gasteiger charge is -2.34. The number of carbonyl (C=O) groups excluding carboxylic acids is 1. The molecule has 2 heterocycles. The Bertz CT molecular complexity index is 549. The van der Waals surface area contributed by atoms with Crippen molar-refractivity contribution in [3.63, 3.8) is 0 Å². The van der Waals surface area contributed by atoms with Crippen LogP contribution in [0.1, 0.15) is 47.0 Å². The number of ether oxygens (including phenoxy) is 2. The molecule has 2 N–H and O–H groups in total. The van der Waals surface area contributed by atoms with Crippen LogP contribution in [0.25, 0.3) is 0 Å². The van der Waals surface area contributed by atoms with Crippen LogP contribution >= 0.6 is 0 Å². The SMILES string of the molecule is CN=C(NCC(C)CN(C)C(=O)OC(C)(C)C)NC1CCN(CC2CCOC2)CC1. The van der Waals surface area contributed by atoms with Crippen molar-refractivity contribution in [3.8, 4) is 0 Å². The summed E-state index contributed by atoms with van der Waals surface area (Å²) in [6, 6.07) is 0.451. The van der Waals surface area contributed by atoms with Gasteiger partial charge in [0.15, 0.2) is 5.96 Å². The van der Waals surface area contributed by atoms with Gasteiger partial charge in [-0.25, -0.2) is 4.79 Å². The molecule has 2 atom stereocenters. The summed E-state index contributed by atoms with van der Waals surface area (Å²) in [5.41, 5.74) is -0.473. The average Bonchev–Trinajstić information content (AvgIpc) is 3.18. The van der Waals surface area contributed by atoms with E-state index in [1.54, 1.807) is 11.9 Å². The summed E-state index contributed by atoms with van der Waals surface area (Å²) in [5.74, 6) is 1.82. The second-order valence-corrected chi connectivity index (χ2v) is 9.87. The highest BCUT2D eigenvalue weighted by Crippen LogP contribution is 2.17. The summed E-state index contributed by atoms with van der Waals surface area (Å²) in [6.45, 7) is 14.4. The van der Waals surface area contributed by atoms with Gasteiger partial charge in [-0.05, 0) is 51.9 Å². The Kier molecular flexibility index (Phi) is 9.68. The number of piperidine rings is 1. The Morgan fingerprint density at radius 1 is 1.30 bits per heavy atom. The molecule has 174 valence electrons. The normalized spacial score (nSPS) is 22.6. The molecule has 8 heteroatoms. The van der Waals surface area contributed by atoms with Gasteiger partial charge in [0.1, 0.15) is 5.60 Å². The van der Waals surface area contributed by atoms with Crippen molar-refractivity contribution in [3.05, 3.63) is 0 Å². The van der Waals surface area contributed by atoms with E-state index in [-0.39, 0.29) is 12.0 Å². The molecule has 8 nitrogen and oxygen atoms in total. The van der Waals surface area contributed by atoms with E-state index in [4.69, 9.17) is 9.47 Å². The fraction of sp³-hybridized carbons (Fsp3) is 0.909. The fourth-order valence-corrected chi connectivity index (χ4v) is 3.96. The van der Waals surface area contributed by atoms with Crippen LogP contribution < -0.4 is 10.6 Å². The third-order valence-corrected chi connectivity index (χ3v) is 5.60. The molecule has 30 heavy (non-hydrogen) atoms. The highest BCUT2D eigenvalue weighted by Gasteiger charge is 2.24. The van der Waals surface area contributed by atoms with Gasteiger partial charge in [0.2, 0.25) is 0 Å². The Hall–Kier alpha value is -1.54. The van der Waals surface area contributed by atoms with Gasteiger partial charge in [-0.15, -0.1) is 0 Å². The molecular formula is C22H43N5O3. The molecule has 2 rings (SSSR count). The smallest absolute Gasteiger partial charge is 0.410 e. The maximum atomic E-state index is 12.1. The molecule has 2 fully saturated rings. The largest absolute Gasteiger partial charge is 0.444 e. The molecule has 1 amide bonds. The highest BCUT2D eigenvalue weighted by molar-refractivity contribution is 5.80. The van der Waals surface area contributed by atoms with Crippen LogP contribution in [-0.4, -0.2) is 93.5 Å². The Morgan fingerprint density at radius 3 is 2.57 bits per heavy atom. The molecule has 0 aromatic carbocycles. The van der Waals surface area contributed by atoms with E-state index in [0.29, 0.717) is 18.5 Å². The van der Waals surface area contributed by atoms with Gasteiger partial charge < -0.3 is 29.9 Å². The fourth-order valence-electron chi connectivity index (χ4n) is 3.96. The number of nitrogens with zero attached hydrogens (tertiary/aromatic N) is 3. The van der Waals surface area contributed by atoms with Gasteiger partial charge in [0, 0.05) is 59.5 Å². The first-order valence-corrected chi connectivity index (χ1v) is 11.4. The number of hydrogen-bond donors (Lipinski definition) is 2. The molecule has 0 bridgehead atoms. The van der Waals surface area contributed by atoms with Gasteiger partial charge in [0.05, 0.1) is 6.61 Å². The first kappa shape index (κ1) is 24.7. The minimum atomic E-state index is -0.473.